The van der Waals surface area contributed by atoms with Gasteiger partial charge in [0.25, 0.3) is 5.56 Å². The van der Waals surface area contributed by atoms with E-state index in [1.807, 2.05) is 37.3 Å². The van der Waals surface area contributed by atoms with Crippen LogP contribution in [0.1, 0.15) is 12.5 Å². The second-order valence-corrected chi connectivity index (χ2v) is 3.89. The fourth-order valence-corrected chi connectivity index (χ4v) is 1.82. The number of benzene rings is 1. The van der Waals surface area contributed by atoms with E-state index in [1.54, 1.807) is 0 Å². The molecule has 1 aromatic carbocycles. The van der Waals surface area contributed by atoms with Crippen LogP contribution in [-0.2, 0) is 13.2 Å². The summed E-state index contributed by atoms with van der Waals surface area (Å²) in [5, 5.41) is 13.6. The molecular weight excluding hydrogens is 230 g/mol. The first-order chi connectivity index (χ1) is 8.69. The van der Waals surface area contributed by atoms with Gasteiger partial charge in [-0.1, -0.05) is 30.3 Å². The van der Waals surface area contributed by atoms with Crippen LogP contribution in [-0.4, -0.2) is 14.9 Å². The number of aromatic nitrogens is 2. The van der Waals surface area contributed by atoms with Crippen LogP contribution in [0.15, 0.2) is 35.1 Å². The second-order valence-electron chi connectivity index (χ2n) is 3.89. The van der Waals surface area contributed by atoms with Crippen molar-refractivity contribution in [3.63, 3.8) is 0 Å². The predicted molar refractivity (Wildman–Crippen MR) is 69.9 cm³/mol. The molecule has 94 valence electrons. The number of nitrogens with two attached hydrogens (primary N) is 1. The number of nitrogens with zero attached hydrogens (tertiary/aromatic N) is 2. The second kappa shape index (κ2) is 5.01. The number of aryl methyl sites for hydroxylation is 1. The molecule has 5 nitrogen and oxygen atoms in total. The molecule has 2 aromatic rings. The van der Waals surface area contributed by atoms with Crippen molar-refractivity contribution < 1.29 is 5.11 Å². The highest BCUT2D eigenvalue weighted by molar-refractivity contribution is 5.68. The molecule has 3 N–H and O–H groups in total. The molecule has 0 radical (unpaired) electrons. The molecular formula is C13H15N3O2. The van der Waals surface area contributed by atoms with E-state index in [0.717, 1.165) is 5.56 Å². The van der Waals surface area contributed by atoms with Crippen molar-refractivity contribution in [2.75, 3.05) is 5.73 Å². The van der Waals surface area contributed by atoms with Crippen molar-refractivity contribution in [3.8, 4) is 11.3 Å². The van der Waals surface area contributed by atoms with Gasteiger partial charge in [-0.2, -0.15) is 5.10 Å². The maximum Gasteiger partial charge on any atom is 0.290 e. The molecule has 5 heteroatoms. The highest BCUT2D eigenvalue weighted by Crippen LogP contribution is 2.23. The Morgan fingerprint density at radius 2 is 2.00 bits per heavy atom. The molecule has 1 heterocycles. The van der Waals surface area contributed by atoms with Gasteiger partial charge in [0.2, 0.25) is 0 Å². The zero-order valence-electron chi connectivity index (χ0n) is 10.1. The molecule has 18 heavy (non-hydrogen) atoms. The minimum atomic E-state index is -0.360. The van der Waals surface area contributed by atoms with E-state index in [2.05, 4.69) is 5.10 Å². The SMILES string of the molecule is CCn1nc(-c2ccccc2)c(CO)c(N)c1=O. The van der Waals surface area contributed by atoms with Crippen molar-refractivity contribution in [3.05, 3.63) is 46.2 Å². The van der Waals surface area contributed by atoms with Crippen molar-refractivity contribution in [2.45, 2.75) is 20.1 Å². The number of hydrogen-bond donors (Lipinski definition) is 2. The highest BCUT2D eigenvalue weighted by Gasteiger charge is 2.14. The Kier molecular flexibility index (Phi) is 3.43. The van der Waals surface area contributed by atoms with E-state index in [9.17, 15) is 9.90 Å². The standard InChI is InChI=1S/C13H15N3O2/c1-2-16-13(18)11(14)10(8-17)12(15-16)9-6-4-3-5-7-9/h3-7,17H,2,8,14H2,1H3. The number of anilines is 1. The summed E-state index contributed by atoms with van der Waals surface area (Å²) in [6, 6.07) is 9.36. The van der Waals surface area contributed by atoms with E-state index >= 15 is 0 Å². The topological polar surface area (TPSA) is 81.1 Å². The van der Waals surface area contributed by atoms with Crippen LogP contribution in [0.4, 0.5) is 5.69 Å². The number of nitrogen functional groups attached to an aromatic ring is 1. The summed E-state index contributed by atoms with van der Waals surface area (Å²) in [6.07, 6.45) is 0. The maximum atomic E-state index is 11.8. The molecule has 0 aliphatic carbocycles. The molecule has 0 aliphatic heterocycles. The third-order valence-electron chi connectivity index (χ3n) is 2.80. The van der Waals surface area contributed by atoms with Gasteiger partial charge in [0.05, 0.1) is 12.3 Å². The Balaban J connectivity index is 2.74. The number of hydrogen-bond acceptors (Lipinski definition) is 4. The molecule has 0 bridgehead atoms. The van der Waals surface area contributed by atoms with Gasteiger partial charge in [-0.25, -0.2) is 4.68 Å². The largest absolute Gasteiger partial charge is 0.394 e. The van der Waals surface area contributed by atoms with Crippen LogP contribution in [0.5, 0.6) is 0 Å². The van der Waals surface area contributed by atoms with Crippen LogP contribution < -0.4 is 11.3 Å². The molecule has 0 aliphatic rings. The fraction of sp³-hybridized carbons (Fsp3) is 0.231. The van der Waals surface area contributed by atoms with Crippen LogP contribution in [0.3, 0.4) is 0 Å². The lowest BCUT2D eigenvalue weighted by Gasteiger charge is -2.12. The number of aliphatic hydroxyl groups excluding tert-OH is 1. The normalized spacial score (nSPS) is 10.6. The molecule has 0 spiro atoms. The zero-order chi connectivity index (χ0) is 13.1. The van der Waals surface area contributed by atoms with E-state index in [0.29, 0.717) is 17.8 Å². The van der Waals surface area contributed by atoms with Crippen LogP contribution in [0.25, 0.3) is 11.3 Å². The minimum Gasteiger partial charge on any atom is -0.394 e. The molecule has 0 saturated carbocycles. The number of rotatable bonds is 3. The van der Waals surface area contributed by atoms with Crippen LogP contribution >= 0.6 is 0 Å². The van der Waals surface area contributed by atoms with E-state index in [4.69, 9.17) is 5.73 Å². The van der Waals surface area contributed by atoms with Crippen LogP contribution in [0, 0.1) is 0 Å². The Morgan fingerprint density at radius 1 is 1.33 bits per heavy atom. The van der Waals surface area contributed by atoms with Gasteiger partial charge in [0, 0.05) is 17.7 Å². The van der Waals surface area contributed by atoms with Crippen molar-refractivity contribution in [1.29, 1.82) is 0 Å². The summed E-state index contributed by atoms with van der Waals surface area (Å²) in [7, 11) is 0. The summed E-state index contributed by atoms with van der Waals surface area (Å²) in [5.74, 6) is 0. The summed E-state index contributed by atoms with van der Waals surface area (Å²) in [5.41, 5.74) is 7.24. The van der Waals surface area contributed by atoms with Crippen molar-refractivity contribution in [1.82, 2.24) is 9.78 Å². The molecule has 0 amide bonds. The molecule has 0 fully saturated rings. The molecule has 0 atom stereocenters. The summed E-state index contributed by atoms with van der Waals surface area (Å²) < 4.78 is 1.30. The van der Waals surface area contributed by atoms with Gasteiger partial charge in [-0.3, -0.25) is 4.79 Å². The van der Waals surface area contributed by atoms with E-state index in [-0.39, 0.29) is 17.9 Å². The minimum absolute atomic E-state index is 0.0632. The predicted octanol–water partition coefficient (Wildman–Crippen LogP) is 1.00. The summed E-state index contributed by atoms with van der Waals surface area (Å²) in [6.45, 7) is 1.96. The summed E-state index contributed by atoms with van der Waals surface area (Å²) in [4.78, 5) is 11.8. The third kappa shape index (κ3) is 2.00. The first kappa shape index (κ1) is 12.3. The Morgan fingerprint density at radius 3 is 2.56 bits per heavy atom. The smallest absolute Gasteiger partial charge is 0.290 e. The lowest BCUT2D eigenvalue weighted by atomic mass is 10.1. The summed E-state index contributed by atoms with van der Waals surface area (Å²) >= 11 is 0. The lowest BCUT2D eigenvalue weighted by molar-refractivity contribution is 0.282. The van der Waals surface area contributed by atoms with Crippen molar-refractivity contribution >= 4 is 5.69 Å². The molecule has 1 aromatic heterocycles. The molecule has 0 saturated heterocycles. The maximum absolute atomic E-state index is 11.8. The third-order valence-corrected chi connectivity index (χ3v) is 2.80. The monoisotopic (exact) mass is 245 g/mol. The van der Waals surface area contributed by atoms with E-state index in [1.165, 1.54) is 4.68 Å². The fourth-order valence-electron chi connectivity index (χ4n) is 1.82. The van der Waals surface area contributed by atoms with Gasteiger partial charge >= 0.3 is 0 Å². The van der Waals surface area contributed by atoms with Crippen molar-refractivity contribution in [2.24, 2.45) is 0 Å². The van der Waals surface area contributed by atoms with Gasteiger partial charge in [-0.15, -0.1) is 0 Å². The lowest BCUT2D eigenvalue weighted by Crippen LogP contribution is -2.27. The Bertz CT molecular complexity index is 606. The quantitative estimate of drug-likeness (QED) is 0.845. The van der Waals surface area contributed by atoms with Gasteiger partial charge in [0.15, 0.2) is 0 Å². The first-order valence-corrected chi connectivity index (χ1v) is 5.74. The number of aliphatic hydroxyl groups is 1. The first-order valence-electron chi connectivity index (χ1n) is 5.74. The average Bonchev–Trinajstić information content (AvgIpc) is 2.42. The van der Waals surface area contributed by atoms with Crippen LogP contribution in [0.2, 0.25) is 0 Å². The average molecular weight is 245 g/mol. The zero-order valence-corrected chi connectivity index (χ0v) is 10.1. The Hall–Kier alpha value is -2.14. The molecule has 0 unspecified atom stereocenters. The molecule has 2 rings (SSSR count). The van der Waals surface area contributed by atoms with Gasteiger partial charge < -0.3 is 10.8 Å². The van der Waals surface area contributed by atoms with E-state index < -0.39 is 0 Å². The van der Waals surface area contributed by atoms with Gasteiger partial charge in [0.1, 0.15) is 5.69 Å². The van der Waals surface area contributed by atoms with Gasteiger partial charge in [-0.05, 0) is 6.92 Å². The highest BCUT2D eigenvalue weighted by atomic mass is 16.3. The Labute approximate surface area is 104 Å².